The van der Waals surface area contributed by atoms with E-state index in [2.05, 4.69) is 31.7 Å². The van der Waals surface area contributed by atoms with Crippen LogP contribution in [0, 0.1) is 17.2 Å². The van der Waals surface area contributed by atoms with Crippen molar-refractivity contribution in [2.45, 2.75) is 70.3 Å². The minimum atomic E-state index is -4.74. The summed E-state index contributed by atoms with van der Waals surface area (Å²) in [5.74, 6) is -1.16. The van der Waals surface area contributed by atoms with Crippen LogP contribution in [0.1, 0.15) is 62.4 Å². The molecule has 12 nitrogen and oxygen atoms in total. The number of benzene rings is 1. The molecule has 1 aromatic heterocycles. The van der Waals surface area contributed by atoms with Crippen LogP contribution in [0.2, 0.25) is 0 Å². The standard InChI is InChI=1S/C30H39F3N10O2/c1-19(39-29(35)36)38-26(44)4-2-3-20-10-14-42(15-11-20)24-17-25(41-28(40-24)30(31,32)33)43-16-12-23(43)27(45)37-13-9-21-5-7-22(18-34)8-6-21/h5-8,17,19-20,23H,2-4,9-16H2,1H3,(H,37,45)(H,38,44)(H4,35,36,39)/t19?,23-/m0/s1. The highest BCUT2D eigenvalue weighted by Gasteiger charge is 2.40. The predicted molar refractivity (Wildman–Crippen MR) is 163 cm³/mol. The number of nitriles is 1. The molecule has 2 amide bonds. The number of halogens is 3. The maximum absolute atomic E-state index is 13.8. The smallest absolute Gasteiger partial charge is 0.370 e. The Balaban J connectivity index is 1.31. The van der Waals surface area contributed by atoms with Crippen LogP contribution in [-0.2, 0) is 22.2 Å². The minimum Gasteiger partial charge on any atom is -0.370 e. The van der Waals surface area contributed by atoms with Gasteiger partial charge in [0.25, 0.3) is 0 Å². The van der Waals surface area contributed by atoms with Gasteiger partial charge in [0.15, 0.2) is 5.96 Å². The normalized spacial score (nSPS) is 17.5. The first kappa shape index (κ1) is 33.3. The zero-order chi connectivity index (χ0) is 32.6. The molecule has 0 saturated carbocycles. The molecule has 242 valence electrons. The molecular weight excluding hydrogens is 589 g/mol. The second kappa shape index (κ2) is 14.9. The van der Waals surface area contributed by atoms with Crippen molar-refractivity contribution in [3.63, 3.8) is 0 Å². The average Bonchev–Trinajstić information content (AvgIpc) is 2.96. The molecule has 2 aliphatic heterocycles. The van der Waals surface area contributed by atoms with Crippen molar-refractivity contribution in [3.05, 3.63) is 47.3 Å². The predicted octanol–water partition coefficient (Wildman–Crippen LogP) is 2.43. The average molecular weight is 629 g/mol. The highest BCUT2D eigenvalue weighted by molar-refractivity contribution is 5.86. The van der Waals surface area contributed by atoms with Crippen LogP contribution in [0.3, 0.4) is 0 Å². The first-order chi connectivity index (χ1) is 21.4. The quantitative estimate of drug-likeness (QED) is 0.203. The Hall–Kier alpha value is -4.61. The SMILES string of the molecule is CC(N=C(N)N)NC(=O)CCCC1CCN(c2cc(N3CC[C@H]3C(=O)NCCc3ccc(C#N)cc3)nc(C(F)(F)F)n2)CC1. The molecule has 2 saturated heterocycles. The highest BCUT2D eigenvalue weighted by atomic mass is 19.4. The lowest BCUT2D eigenvalue weighted by Crippen LogP contribution is -2.57. The summed E-state index contributed by atoms with van der Waals surface area (Å²) in [7, 11) is 0. The number of amides is 2. The molecular formula is C30H39F3N10O2. The molecule has 1 unspecified atom stereocenters. The molecule has 4 rings (SSSR count). The van der Waals surface area contributed by atoms with Gasteiger partial charge in [-0.3, -0.25) is 9.59 Å². The van der Waals surface area contributed by atoms with E-state index in [0.717, 1.165) is 24.8 Å². The summed E-state index contributed by atoms with van der Waals surface area (Å²) >= 11 is 0. The Kier molecular flexibility index (Phi) is 11.0. The summed E-state index contributed by atoms with van der Waals surface area (Å²) in [5, 5.41) is 14.5. The number of guanidine groups is 1. The third kappa shape index (κ3) is 9.44. The van der Waals surface area contributed by atoms with Crippen molar-refractivity contribution in [2.24, 2.45) is 22.4 Å². The number of nitrogens with zero attached hydrogens (tertiary/aromatic N) is 6. The van der Waals surface area contributed by atoms with Gasteiger partial charge in [-0.1, -0.05) is 12.1 Å². The Bertz CT molecular complexity index is 1400. The van der Waals surface area contributed by atoms with Gasteiger partial charge >= 0.3 is 6.18 Å². The molecule has 2 aliphatic rings. The lowest BCUT2D eigenvalue weighted by atomic mass is 9.91. The van der Waals surface area contributed by atoms with Crippen LogP contribution in [0.25, 0.3) is 0 Å². The van der Waals surface area contributed by atoms with Gasteiger partial charge in [0, 0.05) is 38.7 Å². The maximum atomic E-state index is 13.8. The third-order valence-corrected chi connectivity index (χ3v) is 8.03. The Morgan fingerprint density at radius 3 is 2.40 bits per heavy atom. The number of piperidine rings is 1. The number of carbonyl (C=O) groups is 2. The van der Waals surface area contributed by atoms with Gasteiger partial charge in [-0.25, -0.2) is 15.0 Å². The van der Waals surface area contributed by atoms with Crippen LogP contribution >= 0.6 is 0 Å². The number of aromatic nitrogens is 2. The largest absolute Gasteiger partial charge is 0.451 e. The van der Waals surface area contributed by atoms with Gasteiger partial charge in [-0.15, -0.1) is 0 Å². The number of nitrogens with two attached hydrogens (primary N) is 2. The fourth-order valence-corrected chi connectivity index (χ4v) is 5.55. The van der Waals surface area contributed by atoms with Gasteiger partial charge in [0.2, 0.25) is 17.6 Å². The van der Waals surface area contributed by atoms with Crippen LogP contribution in [0.15, 0.2) is 35.3 Å². The van der Waals surface area contributed by atoms with Gasteiger partial charge in [0.05, 0.1) is 11.6 Å². The van der Waals surface area contributed by atoms with Crippen LogP contribution in [0.4, 0.5) is 24.8 Å². The fraction of sp³-hybridized carbons (Fsp3) is 0.533. The second-order valence-corrected chi connectivity index (χ2v) is 11.4. The van der Waals surface area contributed by atoms with E-state index >= 15 is 0 Å². The lowest BCUT2D eigenvalue weighted by molar-refractivity contribution is -0.144. The third-order valence-electron chi connectivity index (χ3n) is 8.03. The van der Waals surface area contributed by atoms with E-state index in [1.807, 2.05) is 17.0 Å². The summed E-state index contributed by atoms with van der Waals surface area (Å²) < 4.78 is 41.5. The van der Waals surface area contributed by atoms with Crippen molar-refractivity contribution in [1.82, 2.24) is 20.6 Å². The van der Waals surface area contributed by atoms with E-state index in [0.29, 0.717) is 63.3 Å². The number of hydrogen-bond acceptors (Lipinski definition) is 8. The van der Waals surface area contributed by atoms with Crippen molar-refractivity contribution in [2.75, 3.05) is 36.0 Å². The molecule has 0 bridgehead atoms. The van der Waals surface area contributed by atoms with Crippen molar-refractivity contribution in [1.29, 1.82) is 5.26 Å². The van der Waals surface area contributed by atoms with Gasteiger partial charge < -0.3 is 31.9 Å². The van der Waals surface area contributed by atoms with E-state index in [9.17, 15) is 22.8 Å². The number of carbonyl (C=O) groups excluding carboxylic acids is 2. The zero-order valence-corrected chi connectivity index (χ0v) is 25.2. The second-order valence-electron chi connectivity index (χ2n) is 11.4. The van der Waals surface area contributed by atoms with E-state index < -0.39 is 24.2 Å². The van der Waals surface area contributed by atoms with Crippen molar-refractivity contribution in [3.8, 4) is 6.07 Å². The van der Waals surface area contributed by atoms with Crippen LogP contribution in [0.5, 0.6) is 0 Å². The Labute approximate surface area is 260 Å². The summed E-state index contributed by atoms with van der Waals surface area (Å²) in [6, 6.07) is 10.0. The summed E-state index contributed by atoms with van der Waals surface area (Å²) in [5.41, 5.74) is 12.2. The summed E-state index contributed by atoms with van der Waals surface area (Å²) in [4.78, 5) is 40.0. The molecule has 45 heavy (non-hydrogen) atoms. The fourth-order valence-electron chi connectivity index (χ4n) is 5.55. The summed E-state index contributed by atoms with van der Waals surface area (Å²) in [6.07, 6.45) is -0.876. The molecule has 15 heteroatoms. The van der Waals surface area contributed by atoms with Crippen LogP contribution < -0.4 is 31.9 Å². The number of anilines is 2. The molecule has 0 aliphatic carbocycles. The highest BCUT2D eigenvalue weighted by Crippen LogP contribution is 2.34. The summed E-state index contributed by atoms with van der Waals surface area (Å²) in [6.45, 7) is 3.47. The van der Waals surface area contributed by atoms with Gasteiger partial charge in [-0.2, -0.15) is 18.4 Å². The molecule has 3 heterocycles. The topological polar surface area (TPSA) is 179 Å². The molecule has 1 aromatic carbocycles. The maximum Gasteiger partial charge on any atom is 0.451 e. The monoisotopic (exact) mass is 628 g/mol. The number of nitrogens with one attached hydrogen (secondary N) is 2. The van der Waals surface area contributed by atoms with Crippen LogP contribution in [-0.4, -0.2) is 66.1 Å². The molecule has 0 radical (unpaired) electrons. The van der Waals surface area contributed by atoms with E-state index in [1.54, 1.807) is 24.0 Å². The number of alkyl halides is 3. The number of aliphatic imine (C=N–C) groups is 1. The van der Waals surface area contributed by atoms with E-state index in [4.69, 9.17) is 16.7 Å². The lowest BCUT2D eigenvalue weighted by Gasteiger charge is -2.41. The van der Waals surface area contributed by atoms with E-state index in [-0.39, 0.29) is 29.4 Å². The Morgan fingerprint density at radius 2 is 1.80 bits per heavy atom. The van der Waals surface area contributed by atoms with Gasteiger partial charge in [0.1, 0.15) is 23.8 Å². The number of hydrogen-bond donors (Lipinski definition) is 4. The molecule has 2 fully saturated rings. The van der Waals surface area contributed by atoms with E-state index in [1.165, 1.54) is 6.07 Å². The number of rotatable bonds is 12. The van der Waals surface area contributed by atoms with Crippen molar-refractivity contribution >= 4 is 29.4 Å². The van der Waals surface area contributed by atoms with Gasteiger partial charge in [-0.05, 0) is 69.1 Å². The minimum absolute atomic E-state index is 0.0777. The molecule has 2 aromatic rings. The molecule has 2 atom stereocenters. The Morgan fingerprint density at radius 1 is 1.11 bits per heavy atom. The first-order valence-electron chi connectivity index (χ1n) is 15.1. The zero-order valence-electron chi connectivity index (χ0n) is 25.2. The van der Waals surface area contributed by atoms with Crippen molar-refractivity contribution < 1.29 is 22.8 Å². The first-order valence-corrected chi connectivity index (χ1v) is 15.1. The molecule has 0 spiro atoms. The molecule has 6 N–H and O–H groups in total.